The van der Waals surface area contributed by atoms with Gasteiger partial charge in [0.05, 0.1) is 10.4 Å². The van der Waals surface area contributed by atoms with Crippen molar-refractivity contribution in [1.29, 1.82) is 0 Å². The van der Waals surface area contributed by atoms with Crippen LogP contribution in [0.3, 0.4) is 0 Å². The summed E-state index contributed by atoms with van der Waals surface area (Å²) in [4.78, 5) is 24.9. The molecule has 0 bridgehead atoms. The number of aromatic nitrogens is 2. The number of rotatable bonds is 7. The highest BCUT2D eigenvalue weighted by atomic mass is 32.1. The number of thiazole rings is 1. The maximum absolute atomic E-state index is 12.7. The van der Waals surface area contributed by atoms with Crippen molar-refractivity contribution in [3.63, 3.8) is 0 Å². The lowest BCUT2D eigenvalue weighted by atomic mass is 9.99. The topological polar surface area (TPSA) is 54.9 Å². The van der Waals surface area contributed by atoms with E-state index in [2.05, 4.69) is 30.2 Å². The van der Waals surface area contributed by atoms with Crippen LogP contribution in [0.15, 0.2) is 6.07 Å². The number of thiophene rings is 1. The van der Waals surface area contributed by atoms with E-state index in [0.717, 1.165) is 54.3 Å². The number of Topliss-reactive ketones (excluding diaryl/α,β-unsaturated/α-hetero) is 1. The molecule has 0 aromatic carbocycles. The zero-order valence-electron chi connectivity index (χ0n) is 17.7. The molecule has 29 heavy (non-hydrogen) atoms. The third kappa shape index (κ3) is 4.44. The predicted octanol–water partition coefficient (Wildman–Crippen LogP) is 5.62. The fourth-order valence-corrected chi connectivity index (χ4v) is 6.71. The number of fused-ring (bicyclic) bond motifs is 2. The van der Waals surface area contributed by atoms with Gasteiger partial charge in [0.25, 0.3) is 0 Å². The second-order valence-electron chi connectivity index (χ2n) is 8.45. The zero-order chi connectivity index (χ0) is 20.5. The summed E-state index contributed by atoms with van der Waals surface area (Å²) in [6.07, 6.45) is 4.34. The fraction of sp³-hybridized carbons (Fsp3) is 0.522. The number of nitrogens with zero attached hydrogens (tertiary/aromatic N) is 2. The molecule has 0 atom stereocenters. The highest BCUT2D eigenvalue weighted by Gasteiger charge is 2.25. The van der Waals surface area contributed by atoms with Crippen LogP contribution in [-0.4, -0.2) is 22.3 Å². The number of hydrogen-bond donors (Lipinski definition) is 1. The second-order valence-corrected chi connectivity index (χ2v) is 10.7. The molecule has 4 rings (SSSR count). The van der Waals surface area contributed by atoms with Gasteiger partial charge in [0.2, 0.25) is 0 Å². The van der Waals surface area contributed by atoms with Gasteiger partial charge in [-0.15, -0.1) is 22.7 Å². The molecule has 0 aliphatic carbocycles. The summed E-state index contributed by atoms with van der Waals surface area (Å²) in [6, 6.07) is 2.13. The van der Waals surface area contributed by atoms with Crippen LogP contribution in [0.25, 0.3) is 20.8 Å². The molecule has 0 spiro atoms. The normalized spacial score (nSPS) is 14.0. The van der Waals surface area contributed by atoms with E-state index in [9.17, 15) is 4.79 Å². The molecule has 4 nitrogen and oxygen atoms in total. The van der Waals surface area contributed by atoms with Crippen molar-refractivity contribution in [2.45, 2.75) is 66.3 Å². The Kier molecular flexibility index (Phi) is 6.13. The van der Waals surface area contributed by atoms with Crippen molar-refractivity contribution in [2.24, 2.45) is 5.92 Å². The van der Waals surface area contributed by atoms with Gasteiger partial charge in [-0.25, -0.2) is 4.98 Å². The van der Waals surface area contributed by atoms with Gasteiger partial charge in [-0.05, 0) is 50.8 Å². The van der Waals surface area contributed by atoms with E-state index < -0.39 is 0 Å². The van der Waals surface area contributed by atoms with E-state index in [1.165, 1.54) is 25.6 Å². The molecule has 6 heteroatoms. The Morgan fingerprint density at radius 3 is 2.86 bits per heavy atom. The maximum atomic E-state index is 12.7. The molecule has 3 aromatic rings. The largest absolute Gasteiger partial charge is 0.312 e. The van der Waals surface area contributed by atoms with Gasteiger partial charge in [-0.3, -0.25) is 9.78 Å². The van der Waals surface area contributed by atoms with Crippen LogP contribution < -0.4 is 5.32 Å². The first-order valence-corrected chi connectivity index (χ1v) is 12.2. The average molecular weight is 428 g/mol. The Labute approximate surface area is 180 Å². The SMILES string of the molecule is Cc1cc2sc(-c3c(CC(=O)CCCC(C)C)sc4c3CCNC4)nc2c(C)n1. The molecular formula is C23H29N3OS2. The Morgan fingerprint density at radius 2 is 2.07 bits per heavy atom. The van der Waals surface area contributed by atoms with Crippen LogP contribution in [0.2, 0.25) is 0 Å². The van der Waals surface area contributed by atoms with Gasteiger partial charge < -0.3 is 5.32 Å². The van der Waals surface area contributed by atoms with Crippen molar-refractivity contribution in [3.8, 4) is 10.6 Å². The van der Waals surface area contributed by atoms with E-state index in [4.69, 9.17) is 4.98 Å². The monoisotopic (exact) mass is 427 g/mol. The third-order valence-corrected chi connectivity index (χ3v) is 7.74. The molecule has 0 saturated heterocycles. The van der Waals surface area contributed by atoms with E-state index >= 15 is 0 Å². The van der Waals surface area contributed by atoms with Crippen LogP contribution in [0, 0.1) is 19.8 Å². The minimum atomic E-state index is 0.355. The number of hydrogen-bond acceptors (Lipinski definition) is 6. The number of ketones is 1. The first-order valence-electron chi connectivity index (χ1n) is 10.5. The number of aryl methyl sites for hydroxylation is 2. The molecule has 1 N–H and O–H groups in total. The number of carbonyl (C=O) groups is 1. The molecular weight excluding hydrogens is 398 g/mol. The van der Waals surface area contributed by atoms with Crippen molar-refractivity contribution in [3.05, 3.63) is 32.8 Å². The molecule has 0 unspecified atom stereocenters. The minimum Gasteiger partial charge on any atom is -0.312 e. The van der Waals surface area contributed by atoms with E-state index in [1.54, 1.807) is 11.3 Å². The quantitative estimate of drug-likeness (QED) is 0.532. The van der Waals surface area contributed by atoms with E-state index in [1.807, 2.05) is 25.2 Å². The van der Waals surface area contributed by atoms with Crippen molar-refractivity contribution in [1.82, 2.24) is 15.3 Å². The van der Waals surface area contributed by atoms with E-state index in [-0.39, 0.29) is 0 Å². The predicted molar refractivity (Wildman–Crippen MR) is 123 cm³/mol. The molecule has 0 saturated carbocycles. The summed E-state index contributed by atoms with van der Waals surface area (Å²) < 4.78 is 1.19. The van der Waals surface area contributed by atoms with Crippen LogP contribution in [0.4, 0.5) is 0 Å². The molecule has 0 fully saturated rings. The molecule has 0 amide bonds. The molecule has 0 radical (unpaired) electrons. The van der Waals surface area contributed by atoms with Gasteiger partial charge in [0.1, 0.15) is 16.3 Å². The van der Waals surface area contributed by atoms with Gasteiger partial charge >= 0.3 is 0 Å². The van der Waals surface area contributed by atoms with Gasteiger partial charge in [-0.1, -0.05) is 20.3 Å². The molecule has 1 aliphatic heterocycles. The number of pyridine rings is 1. The van der Waals surface area contributed by atoms with Gasteiger partial charge in [0.15, 0.2) is 0 Å². The van der Waals surface area contributed by atoms with Gasteiger partial charge in [0, 0.05) is 40.4 Å². The lowest BCUT2D eigenvalue weighted by Crippen LogP contribution is -2.22. The summed E-state index contributed by atoms with van der Waals surface area (Å²) in [5.74, 6) is 1.01. The van der Waals surface area contributed by atoms with Gasteiger partial charge in [-0.2, -0.15) is 0 Å². The fourth-order valence-electron chi connectivity index (χ4n) is 4.07. The molecule has 154 valence electrons. The smallest absolute Gasteiger partial charge is 0.138 e. The van der Waals surface area contributed by atoms with Crippen LogP contribution in [-0.2, 0) is 24.2 Å². The Balaban J connectivity index is 1.70. The highest BCUT2D eigenvalue weighted by molar-refractivity contribution is 7.22. The minimum absolute atomic E-state index is 0.355. The van der Waals surface area contributed by atoms with Crippen molar-refractivity contribution in [2.75, 3.05) is 6.54 Å². The lowest BCUT2D eigenvalue weighted by molar-refractivity contribution is -0.118. The lowest BCUT2D eigenvalue weighted by Gasteiger charge is -2.13. The van der Waals surface area contributed by atoms with Crippen LogP contribution in [0.1, 0.15) is 59.8 Å². The Bertz CT molecular complexity index is 1050. The second kappa shape index (κ2) is 8.62. The van der Waals surface area contributed by atoms with Crippen molar-refractivity contribution >= 4 is 38.7 Å². The molecule has 1 aliphatic rings. The first kappa shape index (κ1) is 20.6. The zero-order valence-corrected chi connectivity index (χ0v) is 19.4. The highest BCUT2D eigenvalue weighted by Crippen LogP contribution is 2.42. The third-order valence-electron chi connectivity index (χ3n) is 5.49. The number of nitrogens with one attached hydrogen (secondary N) is 1. The van der Waals surface area contributed by atoms with Crippen LogP contribution >= 0.6 is 22.7 Å². The summed E-state index contributed by atoms with van der Waals surface area (Å²) >= 11 is 3.55. The summed E-state index contributed by atoms with van der Waals surface area (Å²) in [7, 11) is 0. The van der Waals surface area contributed by atoms with E-state index in [0.29, 0.717) is 24.5 Å². The van der Waals surface area contributed by atoms with Crippen molar-refractivity contribution < 1.29 is 4.79 Å². The summed E-state index contributed by atoms with van der Waals surface area (Å²) in [6.45, 7) is 10.4. The maximum Gasteiger partial charge on any atom is 0.138 e. The summed E-state index contributed by atoms with van der Waals surface area (Å²) in [5, 5.41) is 4.53. The standard InChI is InChI=1S/C23H29N3OS2/c1-13(2)6-5-7-16(27)11-18-21(17-8-9-24-12-20(17)28-18)23-26-22-15(4)25-14(3)10-19(22)29-23/h10,13,24H,5-9,11-12H2,1-4H3. The molecule has 3 aromatic heterocycles. The summed E-state index contributed by atoms with van der Waals surface area (Å²) in [5.41, 5.74) is 5.66. The average Bonchev–Trinajstić information content (AvgIpc) is 3.21. The van der Waals surface area contributed by atoms with Crippen LogP contribution in [0.5, 0.6) is 0 Å². The Morgan fingerprint density at radius 1 is 1.24 bits per heavy atom. The Hall–Kier alpha value is -1.63. The number of carbonyl (C=O) groups excluding carboxylic acids is 1. The molecule has 4 heterocycles. The first-order chi connectivity index (χ1) is 13.9.